The van der Waals surface area contributed by atoms with Crippen LogP contribution in [0.5, 0.6) is 0 Å². The Morgan fingerprint density at radius 2 is 2.07 bits per heavy atom. The molecule has 0 bridgehead atoms. The number of carbonyl (C=O) groups is 1. The van der Waals surface area contributed by atoms with Crippen molar-refractivity contribution in [1.82, 2.24) is 0 Å². The molecule has 0 saturated heterocycles. The lowest BCUT2D eigenvalue weighted by atomic mass is 9.79. The van der Waals surface area contributed by atoms with Gasteiger partial charge in [-0.3, -0.25) is 4.79 Å². The summed E-state index contributed by atoms with van der Waals surface area (Å²) >= 11 is 0. The van der Waals surface area contributed by atoms with Crippen LogP contribution in [0, 0.1) is 5.92 Å². The molecule has 74 valence electrons. The lowest BCUT2D eigenvalue weighted by molar-refractivity contribution is -0.143. The van der Waals surface area contributed by atoms with Crippen LogP contribution in [0.25, 0.3) is 0 Å². The molecule has 1 aromatic carbocycles. The molecule has 1 aliphatic rings. The van der Waals surface area contributed by atoms with Gasteiger partial charge in [-0.25, -0.2) is 0 Å². The van der Waals surface area contributed by atoms with Gasteiger partial charge in [-0.2, -0.15) is 0 Å². The average molecular weight is 190 g/mol. The van der Waals surface area contributed by atoms with E-state index in [0.717, 1.165) is 0 Å². The number of hydrogen-bond acceptors (Lipinski definition) is 1. The lowest BCUT2D eigenvalue weighted by Gasteiger charge is -2.24. The molecule has 1 atom stereocenters. The highest BCUT2D eigenvalue weighted by Crippen LogP contribution is 2.42. The Labute approximate surface area is 83.6 Å². The molecule has 0 saturated carbocycles. The smallest absolute Gasteiger partial charge is 0.307 e. The van der Waals surface area contributed by atoms with Crippen molar-refractivity contribution in [3.63, 3.8) is 0 Å². The van der Waals surface area contributed by atoms with Crippen molar-refractivity contribution in [2.75, 3.05) is 0 Å². The number of fused-ring (bicyclic) bond motifs is 1. The molecule has 1 unspecified atom stereocenters. The van der Waals surface area contributed by atoms with E-state index >= 15 is 0 Å². The molecule has 0 radical (unpaired) electrons. The largest absolute Gasteiger partial charge is 0.481 e. The Morgan fingerprint density at radius 1 is 1.43 bits per heavy atom. The maximum absolute atomic E-state index is 11.1. The molecule has 2 rings (SSSR count). The van der Waals surface area contributed by atoms with E-state index in [-0.39, 0.29) is 11.3 Å². The van der Waals surface area contributed by atoms with Crippen LogP contribution in [0.1, 0.15) is 25.0 Å². The van der Waals surface area contributed by atoms with Crippen LogP contribution in [0.2, 0.25) is 0 Å². The van der Waals surface area contributed by atoms with Gasteiger partial charge in [0, 0.05) is 5.41 Å². The number of hydrogen-bond donors (Lipinski definition) is 1. The van der Waals surface area contributed by atoms with Crippen LogP contribution < -0.4 is 0 Å². The van der Waals surface area contributed by atoms with E-state index in [4.69, 9.17) is 5.11 Å². The van der Waals surface area contributed by atoms with Gasteiger partial charge < -0.3 is 5.11 Å². The van der Waals surface area contributed by atoms with Gasteiger partial charge in [0.15, 0.2) is 0 Å². The molecule has 0 fully saturated rings. The van der Waals surface area contributed by atoms with Crippen molar-refractivity contribution < 1.29 is 9.90 Å². The number of carboxylic acids is 1. The fourth-order valence-electron chi connectivity index (χ4n) is 2.39. The third-order valence-electron chi connectivity index (χ3n) is 3.30. The lowest BCUT2D eigenvalue weighted by Crippen LogP contribution is -2.30. The van der Waals surface area contributed by atoms with Crippen LogP contribution in [0.15, 0.2) is 24.3 Å². The second kappa shape index (κ2) is 2.84. The molecule has 2 nitrogen and oxygen atoms in total. The third kappa shape index (κ3) is 1.14. The predicted molar refractivity (Wildman–Crippen MR) is 54.3 cm³/mol. The summed E-state index contributed by atoms with van der Waals surface area (Å²) in [5.41, 5.74) is 2.14. The molecule has 2 heteroatoms. The van der Waals surface area contributed by atoms with Gasteiger partial charge in [0.25, 0.3) is 0 Å². The van der Waals surface area contributed by atoms with E-state index in [1.165, 1.54) is 11.1 Å². The van der Waals surface area contributed by atoms with E-state index in [0.29, 0.717) is 6.42 Å². The first kappa shape index (κ1) is 9.25. The quantitative estimate of drug-likeness (QED) is 0.737. The van der Waals surface area contributed by atoms with Gasteiger partial charge >= 0.3 is 5.97 Å². The van der Waals surface area contributed by atoms with Crippen molar-refractivity contribution in [3.05, 3.63) is 35.4 Å². The monoisotopic (exact) mass is 190 g/mol. The van der Waals surface area contributed by atoms with E-state index < -0.39 is 5.97 Å². The fraction of sp³-hybridized carbons (Fsp3) is 0.417. The molecule has 0 aromatic heterocycles. The van der Waals surface area contributed by atoms with E-state index in [2.05, 4.69) is 0 Å². The first-order valence-corrected chi connectivity index (χ1v) is 4.84. The summed E-state index contributed by atoms with van der Waals surface area (Å²) in [4.78, 5) is 11.1. The molecule has 1 N–H and O–H groups in total. The van der Waals surface area contributed by atoms with Crippen molar-refractivity contribution >= 4 is 5.97 Å². The maximum atomic E-state index is 11.1. The van der Waals surface area contributed by atoms with Gasteiger partial charge in [-0.1, -0.05) is 38.1 Å². The number of benzene rings is 1. The summed E-state index contributed by atoms with van der Waals surface area (Å²) in [6.07, 6.45) is 0.665. The topological polar surface area (TPSA) is 37.3 Å². The molecule has 0 amide bonds. The van der Waals surface area contributed by atoms with Crippen LogP contribution in [-0.4, -0.2) is 11.1 Å². The molecule has 0 aliphatic heterocycles. The fourth-order valence-corrected chi connectivity index (χ4v) is 2.39. The molecule has 0 spiro atoms. The summed E-state index contributed by atoms with van der Waals surface area (Å²) < 4.78 is 0. The van der Waals surface area contributed by atoms with Crippen LogP contribution >= 0.6 is 0 Å². The normalized spacial score (nSPS) is 23.1. The predicted octanol–water partition coefficient (Wildman–Crippen LogP) is 2.22. The van der Waals surface area contributed by atoms with E-state index in [1.807, 2.05) is 38.1 Å². The molecular weight excluding hydrogens is 176 g/mol. The number of carboxylic acid groups (broad SMARTS) is 1. The highest BCUT2D eigenvalue weighted by atomic mass is 16.4. The van der Waals surface area contributed by atoms with Crippen molar-refractivity contribution in [2.24, 2.45) is 5.92 Å². The first-order chi connectivity index (χ1) is 6.53. The molecule has 1 aromatic rings. The van der Waals surface area contributed by atoms with Gasteiger partial charge in [-0.05, 0) is 17.5 Å². The molecule has 1 aliphatic carbocycles. The zero-order valence-electron chi connectivity index (χ0n) is 8.45. The van der Waals surface area contributed by atoms with Crippen molar-refractivity contribution in [3.8, 4) is 0 Å². The van der Waals surface area contributed by atoms with Crippen LogP contribution in [-0.2, 0) is 16.6 Å². The standard InChI is InChI=1S/C12H14O2/c1-12(2)9-6-4-3-5-8(9)7-10(12)11(13)14/h3-6,10H,7H2,1-2H3,(H,13,14). The Kier molecular flexibility index (Phi) is 1.88. The van der Waals surface area contributed by atoms with Gasteiger partial charge in [-0.15, -0.1) is 0 Å². The van der Waals surface area contributed by atoms with Crippen LogP contribution in [0.4, 0.5) is 0 Å². The number of rotatable bonds is 1. The Morgan fingerprint density at radius 3 is 2.64 bits per heavy atom. The molecule has 14 heavy (non-hydrogen) atoms. The summed E-state index contributed by atoms with van der Waals surface area (Å²) in [5, 5.41) is 9.12. The summed E-state index contributed by atoms with van der Waals surface area (Å²) in [7, 11) is 0. The summed E-state index contributed by atoms with van der Waals surface area (Å²) in [5.74, 6) is -0.967. The number of aliphatic carboxylic acids is 1. The Hall–Kier alpha value is -1.31. The van der Waals surface area contributed by atoms with Gasteiger partial charge in [0.05, 0.1) is 5.92 Å². The summed E-state index contributed by atoms with van der Waals surface area (Å²) in [6, 6.07) is 8.02. The Bertz CT molecular complexity index is 380. The zero-order chi connectivity index (χ0) is 10.3. The minimum Gasteiger partial charge on any atom is -0.481 e. The van der Waals surface area contributed by atoms with E-state index in [9.17, 15) is 4.79 Å². The maximum Gasteiger partial charge on any atom is 0.307 e. The zero-order valence-corrected chi connectivity index (χ0v) is 8.45. The molecular formula is C12H14O2. The summed E-state index contributed by atoms with van der Waals surface area (Å²) in [6.45, 7) is 4.02. The van der Waals surface area contributed by atoms with Crippen molar-refractivity contribution in [1.29, 1.82) is 0 Å². The minimum atomic E-state index is -0.689. The second-order valence-electron chi connectivity index (χ2n) is 4.47. The van der Waals surface area contributed by atoms with Gasteiger partial charge in [0.2, 0.25) is 0 Å². The average Bonchev–Trinajstić information content (AvgIpc) is 2.39. The second-order valence-corrected chi connectivity index (χ2v) is 4.47. The third-order valence-corrected chi connectivity index (χ3v) is 3.30. The SMILES string of the molecule is CC1(C)c2ccccc2CC1C(=O)O. The van der Waals surface area contributed by atoms with E-state index in [1.54, 1.807) is 0 Å². The minimum absolute atomic E-state index is 0.234. The van der Waals surface area contributed by atoms with Gasteiger partial charge in [0.1, 0.15) is 0 Å². The molecule has 0 heterocycles. The first-order valence-electron chi connectivity index (χ1n) is 4.84. The highest BCUT2D eigenvalue weighted by molar-refractivity contribution is 5.74. The highest BCUT2D eigenvalue weighted by Gasteiger charge is 2.43. The van der Waals surface area contributed by atoms with Crippen LogP contribution in [0.3, 0.4) is 0 Å². The van der Waals surface area contributed by atoms with Crippen molar-refractivity contribution in [2.45, 2.75) is 25.7 Å². The Balaban J connectivity index is 2.50.